The molecule has 29 heavy (non-hydrogen) atoms. The van der Waals surface area contributed by atoms with Crippen LogP contribution in [0.2, 0.25) is 5.02 Å². The lowest BCUT2D eigenvalue weighted by Crippen LogP contribution is -2.50. The Morgan fingerprint density at radius 1 is 1.34 bits per heavy atom. The Morgan fingerprint density at radius 2 is 1.93 bits per heavy atom. The Labute approximate surface area is 174 Å². The minimum Gasteiger partial charge on any atom is -0.469 e. The first-order valence-corrected chi connectivity index (χ1v) is 9.47. The number of rotatable bonds is 3. The molecule has 1 amide bonds. The molecule has 0 aliphatic carbocycles. The number of carbonyl (C=O) groups excluding carboxylic acids is 2. The topological polar surface area (TPSA) is 99.9 Å². The fourth-order valence-electron chi connectivity index (χ4n) is 3.39. The number of ether oxygens (including phenoxy) is 2. The molecule has 0 bridgehead atoms. The van der Waals surface area contributed by atoms with Crippen LogP contribution in [0.4, 0.5) is 9.18 Å². The van der Waals surface area contributed by atoms with Crippen molar-refractivity contribution in [3.8, 4) is 6.07 Å². The van der Waals surface area contributed by atoms with Crippen LogP contribution in [0, 0.1) is 22.6 Å². The van der Waals surface area contributed by atoms with Crippen molar-refractivity contribution < 1.29 is 28.6 Å². The van der Waals surface area contributed by atoms with Crippen LogP contribution in [0.25, 0.3) is 0 Å². The molecular weight excluding hydrogens is 403 g/mol. The highest BCUT2D eigenvalue weighted by Crippen LogP contribution is 2.45. The molecular formula is C20H24ClFN2O5. The summed E-state index contributed by atoms with van der Waals surface area (Å²) in [5.41, 5.74) is -2.78. The van der Waals surface area contributed by atoms with Gasteiger partial charge in [0.25, 0.3) is 0 Å². The van der Waals surface area contributed by atoms with Gasteiger partial charge in [-0.15, -0.1) is 0 Å². The van der Waals surface area contributed by atoms with E-state index in [0.29, 0.717) is 0 Å². The molecule has 158 valence electrons. The van der Waals surface area contributed by atoms with Crippen LogP contribution >= 0.6 is 11.6 Å². The molecule has 1 N–H and O–H groups in total. The van der Waals surface area contributed by atoms with Gasteiger partial charge in [-0.2, -0.15) is 5.26 Å². The minimum absolute atomic E-state index is 0.0318. The molecule has 1 saturated heterocycles. The molecule has 1 aromatic carbocycles. The monoisotopic (exact) mass is 426 g/mol. The third kappa shape index (κ3) is 4.62. The molecule has 1 atom stereocenters. The molecule has 1 unspecified atom stereocenters. The van der Waals surface area contributed by atoms with Crippen molar-refractivity contribution in [1.29, 1.82) is 5.26 Å². The van der Waals surface area contributed by atoms with E-state index in [1.54, 1.807) is 26.8 Å². The van der Waals surface area contributed by atoms with Crippen LogP contribution in [0.15, 0.2) is 12.1 Å². The quantitative estimate of drug-likeness (QED) is 0.741. The average Bonchev–Trinajstić information content (AvgIpc) is 2.66. The van der Waals surface area contributed by atoms with Crippen molar-refractivity contribution in [2.24, 2.45) is 5.41 Å². The van der Waals surface area contributed by atoms with Crippen molar-refractivity contribution >= 4 is 23.7 Å². The van der Waals surface area contributed by atoms with Crippen LogP contribution in [-0.2, 0) is 14.3 Å². The maximum absolute atomic E-state index is 14.8. The van der Waals surface area contributed by atoms with Gasteiger partial charge >= 0.3 is 12.1 Å². The highest BCUT2D eigenvalue weighted by Gasteiger charge is 2.50. The molecule has 9 heteroatoms. The van der Waals surface area contributed by atoms with E-state index >= 15 is 0 Å². The SMILES string of the molecule is COC(=O)C1(C(O)c2ccc(Cl)c(C#N)c2F)CCN(C(=O)OC(C)(C)C)CC1. The van der Waals surface area contributed by atoms with Gasteiger partial charge in [0.1, 0.15) is 28.5 Å². The fourth-order valence-corrected chi connectivity index (χ4v) is 3.58. The number of nitriles is 1. The third-order valence-electron chi connectivity index (χ3n) is 4.95. The summed E-state index contributed by atoms with van der Waals surface area (Å²) in [4.78, 5) is 26.3. The number of hydrogen-bond acceptors (Lipinski definition) is 6. The number of methoxy groups -OCH3 is 1. The van der Waals surface area contributed by atoms with Crippen LogP contribution in [-0.4, -0.2) is 47.9 Å². The highest BCUT2D eigenvalue weighted by atomic mass is 35.5. The number of amides is 1. The summed E-state index contributed by atoms with van der Waals surface area (Å²) in [7, 11) is 1.18. The summed E-state index contributed by atoms with van der Waals surface area (Å²) < 4.78 is 25.0. The van der Waals surface area contributed by atoms with E-state index in [1.807, 2.05) is 0 Å². The highest BCUT2D eigenvalue weighted by molar-refractivity contribution is 6.31. The first-order chi connectivity index (χ1) is 13.5. The van der Waals surface area contributed by atoms with Crippen molar-refractivity contribution in [1.82, 2.24) is 4.90 Å². The van der Waals surface area contributed by atoms with E-state index in [9.17, 15) is 19.1 Å². The summed E-state index contributed by atoms with van der Waals surface area (Å²) in [5.74, 6) is -1.70. The van der Waals surface area contributed by atoms with Gasteiger partial charge in [-0.3, -0.25) is 4.79 Å². The van der Waals surface area contributed by atoms with Gasteiger partial charge in [-0.05, 0) is 39.7 Å². The van der Waals surface area contributed by atoms with E-state index in [1.165, 1.54) is 24.1 Å². The third-order valence-corrected chi connectivity index (χ3v) is 5.27. The molecule has 0 radical (unpaired) electrons. The number of aliphatic hydroxyl groups is 1. The number of hydrogen-bond donors (Lipinski definition) is 1. The van der Waals surface area contributed by atoms with Gasteiger partial charge in [0, 0.05) is 18.7 Å². The zero-order valence-corrected chi connectivity index (χ0v) is 17.5. The van der Waals surface area contributed by atoms with E-state index in [2.05, 4.69) is 0 Å². The molecule has 7 nitrogen and oxygen atoms in total. The van der Waals surface area contributed by atoms with Crippen LogP contribution in [0.1, 0.15) is 50.8 Å². The number of aliphatic hydroxyl groups excluding tert-OH is 1. The number of likely N-dealkylation sites (tertiary alicyclic amines) is 1. The maximum Gasteiger partial charge on any atom is 0.410 e. The molecule has 0 spiro atoms. The Bertz CT molecular complexity index is 838. The lowest BCUT2D eigenvalue weighted by Gasteiger charge is -2.42. The van der Waals surface area contributed by atoms with E-state index in [0.717, 1.165) is 0 Å². The molecule has 1 aliphatic rings. The largest absolute Gasteiger partial charge is 0.469 e. The van der Waals surface area contributed by atoms with Crippen molar-refractivity contribution in [3.05, 3.63) is 34.1 Å². The Balaban J connectivity index is 2.33. The lowest BCUT2D eigenvalue weighted by atomic mass is 9.71. The molecule has 1 fully saturated rings. The molecule has 1 heterocycles. The van der Waals surface area contributed by atoms with Gasteiger partial charge in [-0.25, -0.2) is 9.18 Å². The Kier molecular flexibility index (Phi) is 6.76. The van der Waals surface area contributed by atoms with Crippen LogP contribution in [0.5, 0.6) is 0 Å². The average molecular weight is 427 g/mol. The van der Waals surface area contributed by atoms with Gasteiger partial charge < -0.3 is 19.5 Å². The second-order valence-electron chi connectivity index (χ2n) is 7.96. The van der Waals surface area contributed by atoms with Gasteiger partial charge in [0.15, 0.2) is 0 Å². The second-order valence-corrected chi connectivity index (χ2v) is 8.36. The number of carbonyl (C=O) groups is 2. The van der Waals surface area contributed by atoms with E-state index in [4.69, 9.17) is 26.3 Å². The zero-order valence-electron chi connectivity index (χ0n) is 16.8. The number of piperidine rings is 1. The maximum atomic E-state index is 14.8. The van der Waals surface area contributed by atoms with Crippen LogP contribution in [0.3, 0.4) is 0 Å². The van der Waals surface area contributed by atoms with Gasteiger partial charge in [0.05, 0.1) is 18.2 Å². The summed E-state index contributed by atoms with van der Waals surface area (Å²) in [5, 5.41) is 20.0. The zero-order chi connectivity index (χ0) is 22.0. The van der Waals surface area contributed by atoms with Gasteiger partial charge in [0.2, 0.25) is 0 Å². The minimum atomic E-state index is -1.58. The van der Waals surface area contributed by atoms with Crippen molar-refractivity contribution in [3.63, 3.8) is 0 Å². The number of benzene rings is 1. The number of nitrogens with zero attached hydrogens (tertiary/aromatic N) is 2. The predicted molar refractivity (Wildman–Crippen MR) is 103 cm³/mol. The molecule has 1 aromatic rings. The van der Waals surface area contributed by atoms with E-state index < -0.39 is 40.6 Å². The molecule has 0 aromatic heterocycles. The summed E-state index contributed by atoms with van der Waals surface area (Å²) in [6.45, 7) is 5.46. The smallest absolute Gasteiger partial charge is 0.410 e. The van der Waals surface area contributed by atoms with Crippen molar-refractivity contribution in [2.45, 2.75) is 45.3 Å². The van der Waals surface area contributed by atoms with Gasteiger partial charge in [-0.1, -0.05) is 17.7 Å². The summed E-state index contributed by atoms with van der Waals surface area (Å²) in [6.07, 6.45) is -2.05. The summed E-state index contributed by atoms with van der Waals surface area (Å²) >= 11 is 5.83. The van der Waals surface area contributed by atoms with Crippen LogP contribution < -0.4 is 0 Å². The van der Waals surface area contributed by atoms with E-state index in [-0.39, 0.29) is 36.5 Å². The lowest BCUT2D eigenvalue weighted by molar-refractivity contribution is -0.166. The first kappa shape index (κ1) is 22.9. The molecule has 0 saturated carbocycles. The van der Waals surface area contributed by atoms with Crippen molar-refractivity contribution in [2.75, 3.05) is 20.2 Å². The Hall–Kier alpha value is -2.37. The molecule has 2 rings (SSSR count). The normalized spacial score (nSPS) is 17.2. The standard InChI is InChI=1S/C20H24ClFN2O5/c1-19(2,3)29-18(27)24-9-7-20(8-10-24,17(26)28-4)16(25)12-5-6-14(21)13(11-23)15(12)22/h5-6,16,25H,7-10H2,1-4H3. The molecule has 1 aliphatic heterocycles. The number of esters is 1. The predicted octanol–water partition coefficient (Wildman–Crippen LogP) is 3.57. The fraction of sp³-hybridized carbons (Fsp3) is 0.550. The first-order valence-electron chi connectivity index (χ1n) is 9.09. The Morgan fingerprint density at radius 3 is 2.41 bits per heavy atom. The summed E-state index contributed by atoms with van der Waals surface area (Å²) in [6, 6.07) is 4.20. The number of halogens is 2. The second kappa shape index (κ2) is 8.56.